The van der Waals surface area contributed by atoms with Gasteiger partial charge in [0.1, 0.15) is 5.92 Å². The van der Waals surface area contributed by atoms with Crippen LogP contribution < -0.4 is 5.01 Å². The minimum Gasteiger partial charge on any atom is -0.298 e. The number of Topliss-reactive ketones (excluding diaryl/α,β-unsaturated/α-hetero) is 1. The lowest BCUT2D eigenvalue weighted by Gasteiger charge is -2.14. The van der Waals surface area contributed by atoms with Crippen LogP contribution in [0.1, 0.15) is 36.8 Å². The van der Waals surface area contributed by atoms with Crippen molar-refractivity contribution in [2.24, 2.45) is 11.0 Å². The molecular weight excluding hydrogens is 312 g/mol. The summed E-state index contributed by atoms with van der Waals surface area (Å²) < 4.78 is 0. The molecule has 1 amide bonds. The Balaban J connectivity index is 1.51. The summed E-state index contributed by atoms with van der Waals surface area (Å²) in [5.74, 6) is -0.463. The molecule has 0 radical (unpaired) electrons. The molecule has 4 heteroatoms. The highest BCUT2D eigenvalue weighted by atomic mass is 16.2. The van der Waals surface area contributed by atoms with Gasteiger partial charge in [0.2, 0.25) is 0 Å². The standard InChI is InChI=1S/C21H20N2O2/c1-14-20(21(25)23(22-14)18-8-3-2-4-9-18)19(24)13-15-6-5-7-17(12-15)16-10-11-16/h2-9,12,16,20H,10-11,13H2,1H3. The van der Waals surface area contributed by atoms with Crippen molar-refractivity contribution in [2.75, 3.05) is 5.01 Å². The first-order valence-electron chi connectivity index (χ1n) is 8.69. The second-order valence-corrected chi connectivity index (χ2v) is 6.82. The maximum atomic E-state index is 12.8. The average Bonchev–Trinajstić information content (AvgIpc) is 3.41. The number of hydrogen-bond donors (Lipinski definition) is 0. The van der Waals surface area contributed by atoms with Gasteiger partial charge < -0.3 is 0 Å². The van der Waals surface area contributed by atoms with Crippen molar-refractivity contribution in [1.29, 1.82) is 0 Å². The first-order chi connectivity index (χ1) is 12.1. The van der Waals surface area contributed by atoms with E-state index in [1.165, 1.54) is 23.4 Å². The first kappa shape index (κ1) is 15.8. The maximum Gasteiger partial charge on any atom is 0.263 e. The summed E-state index contributed by atoms with van der Waals surface area (Å²) in [7, 11) is 0. The van der Waals surface area contributed by atoms with Crippen molar-refractivity contribution < 1.29 is 9.59 Å². The summed E-state index contributed by atoms with van der Waals surface area (Å²) in [6.07, 6.45) is 2.74. The van der Waals surface area contributed by atoms with Gasteiger partial charge in [0.25, 0.3) is 5.91 Å². The van der Waals surface area contributed by atoms with E-state index < -0.39 is 5.92 Å². The van der Waals surface area contributed by atoms with Crippen LogP contribution in [-0.2, 0) is 16.0 Å². The lowest BCUT2D eigenvalue weighted by molar-refractivity contribution is -0.128. The van der Waals surface area contributed by atoms with Gasteiger partial charge in [-0.3, -0.25) is 9.59 Å². The fraction of sp³-hybridized carbons (Fsp3) is 0.286. The monoisotopic (exact) mass is 332 g/mol. The van der Waals surface area contributed by atoms with Gasteiger partial charge in [-0.1, -0.05) is 42.5 Å². The van der Waals surface area contributed by atoms with Crippen LogP contribution in [0, 0.1) is 5.92 Å². The number of rotatable bonds is 5. The minimum atomic E-state index is -0.773. The van der Waals surface area contributed by atoms with Crippen molar-refractivity contribution in [3.05, 3.63) is 65.7 Å². The van der Waals surface area contributed by atoms with Crippen LogP contribution in [0.4, 0.5) is 5.69 Å². The Morgan fingerprint density at radius 2 is 1.88 bits per heavy atom. The Kier molecular flexibility index (Phi) is 3.96. The zero-order valence-electron chi connectivity index (χ0n) is 14.2. The van der Waals surface area contributed by atoms with E-state index in [1.807, 2.05) is 42.5 Å². The Morgan fingerprint density at radius 1 is 1.12 bits per heavy atom. The first-order valence-corrected chi connectivity index (χ1v) is 8.69. The summed E-state index contributed by atoms with van der Waals surface area (Å²) in [6.45, 7) is 1.75. The van der Waals surface area contributed by atoms with Gasteiger partial charge in [-0.2, -0.15) is 10.1 Å². The largest absolute Gasteiger partial charge is 0.298 e. The van der Waals surface area contributed by atoms with Gasteiger partial charge in [0, 0.05) is 6.42 Å². The van der Waals surface area contributed by atoms with E-state index in [0.29, 0.717) is 17.3 Å². The van der Waals surface area contributed by atoms with E-state index in [4.69, 9.17) is 0 Å². The number of amides is 1. The third-order valence-electron chi connectivity index (χ3n) is 4.83. The smallest absolute Gasteiger partial charge is 0.263 e. The molecule has 0 aromatic heterocycles. The predicted molar refractivity (Wildman–Crippen MR) is 97.7 cm³/mol. The van der Waals surface area contributed by atoms with Crippen molar-refractivity contribution >= 4 is 23.1 Å². The highest BCUT2D eigenvalue weighted by molar-refractivity contribution is 6.27. The molecule has 1 aliphatic carbocycles. The van der Waals surface area contributed by atoms with Crippen LogP contribution in [0.3, 0.4) is 0 Å². The number of hydrazone groups is 1. The SMILES string of the molecule is CC1=NN(c2ccccc2)C(=O)C1C(=O)Cc1cccc(C2CC2)c1. The molecule has 126 valence electrons. The molecule has 2 aromatic carbocycles. The topological polar surface area (TPSA) is 49.7 Å². The molecule has 1 atom stereocenters. The van der Waals surface area contributed by atoms with Crippen LogP contribution in [0.25, 0.3) is 0 Å². The summed E-state index contributed by atoms with van der Waals surface area (Å²) in [4.78, 5) is 25.5. The lowest BCUT2D eigenvalue weighted by Crippen LogP contribution is -2.33. The van der Waals surface area contributed by atoms with Gasteiger partial charge in [-0.25, -0.2) is 0 Å². The molecule has 1 fully saturated rings. The molecule has 1 saturated carbocycles. The molecule has 0 saturated heterocycles. The molecule has 4 nitrogen and oxygen atoms in total. The fourth-order valence-corrected chi connectivity index (χ4v) is 3.37. The van der Waals surface area contributed by atoms with Crippen LogP contribution in [0.15, 0.2) is 59.7 Å². The minimum absolute atomic E-state index is 0.0855. The zero-order chi connectivity index (χ0) is 17.4. The molecule has 1 unspecified atom stereocenters. The van der Waals surface area contributed by atoms with Crippen molar-refractivity contribution in [3.63, 3.8) is 0 Å². The highest BCUT2D eigenvalue weighted by Crippen LogP contribution is 2.40. The van der Waals surface area contributed by atoms with E-state index in [1.54, 1.807) is 6.92 Å². The van der Waals surface area contributed by atoms with E-state index in [9.17, 15) is 9.59 Å². The summed E-state index contributed by atoms with van der Waals surface area (Å²) in [5, 5.41) is 5.67. The third kappa shape index (κ3) is 3.12. The Labute approximate surface area is 147 Å². The Bertz CT molecular complexity index is 853. The maximum absolute atomic E-state index is 12.8. The Hall–Kier alpha value is -2.75. The number of anilines is 1. The number of benzene rings is 2. The summed E-state index contributed by atoms with van der Waals surface area (Å²) in [5.41, 5.74) is 3.54. The van der Waals surface area contributed by atoms with Crippen LogP contribution in [0.5, 0.6) is 0 Å². The van der Waals surface area contributed by atoms with Crippen molar-refractivity contribution in [3.8, 4) is 0 Å². The number of nitrogens with zero attached hydrogens (tertiary/aromatic N) is 2. The lowest BCUT2D eigenvalue weighted by atomic mass is 9.93. The highest BCUT2D eigenvalue weighted by Gasteiger charge is 2.39. The van der Waals surface area contributed by atoms with Crippen molar-refractivity contribution in [2.45, 2.75) is 32.1 Å². The molecule has 25 heavy (non-hydrogen) atoms. The number of ketones is 1. The normalized spacial score (nSPS) is 19.9. The average molecular weight is 332 g/mol. The zero-order valence-corrected chi connectivity index (χ0v) is 14.2. The van der Waals surface area contributed by atoms with Gasteiger partial charge >= 0.3 is 0 Å². The van der Waals surface area contributed by atoms with Gasteiger partial charge in [0.15, 0.2) is 5.78 Å². The summed E-state index contributed by atoms with van der Waals surface area (Å²) >= 11 is 0. The van der Waals surface area contributed by atoms with Gasteiger partial charge in [0.05, 0.1) is 11.4 Å². The molecular formula is C21H20N2O2. The predicted octanol–water partition coefficient (Wildman–Crippen LogP) is 3.71. The number of hydrogen-bond acceptors (Lipinski definition) is 3. The van der Waals surface area contributed by atoms with E-state index in [-0.39, 0.29) is 18.1 Å². The molecule has 2 aliphatic rings. The van der Waals surface area contributed by atoms with Crippen LogP contribution >= 0.6 is 0 Å². The van der Waals surface area contributed by atoms with Gasteiger partial charge in [-0.05, 0) is 48.9 Å². The molecule has 1 heterocycles. The molecule has 4 rings (SSSR count). The number of para-hydroxylation sites is 1. The van der Waals surface area contributed by atoms with Gasteiger partial charge in [-0.15, -0.1) is 0 Å². The second-order valence-electron chi connectivity index (χ2n) is 6.82. The molecule has 0 bridgehead atoms. The Morgan fingerprint density at radius 3 is 2.60 bits per heavy atom. The number of carbonyl (C=O) groups is 2. The van der Waals surface area contributed by atoms with Crippen molar-refractivity contribution in [1.82, 2.24) is 0 Å². The molecule has 1 aliphatic heterocycles. The quantitative estimate of drug-likeness (QED) is 0.784. The van der Waals surface area contributed by atoms with Crippen LogP contribution in [-0.4, -0.2) is 17.4 Å². The molecule has 0 N–H and O–H groups in total. The summed E-state index contributed by atoms with van der Waals surface area (Å²) in [6, 6.07) is 17.4. The third-order valence-corrected chi connectivity index (χ3v) is 4.83. The molecule has 2 aromatic rings. The van der Waals surface area contributed by atoms with Crippen LogP contribution in [0.2, 0.25) is 0 Å². The molecule has 0 spiro atoms. The van der Waals surface area contributed by atoms with E-state index >= 15 is 0 Å². The van der Waals surface area contributed by atoms with E-state index in [2.05, 4.69) is 17.2 Å². The van der Waals surface area contributed by atoms with E-state index in [0.717, 1.165) is 5.56 Å². The fourth-order valence-electron chi connectivity index (χ4n) is 3.37. The second kappa shape index (κ2) is 6.28. The number of carbonyl (C=O) groups excluding carboxylic acids is 2.